The topological polar surface area (TPSA) is 51.6 Å². The zero-order valence-electron chi connectivity index (χ0n) is 12.7. The minimum Gasteiger partial charge on any atom is -0.465 e. The predicted molar refractivity (Wildman–Crippen MR) is 75.9 cm³/mol. The zero-order chi connectivity index (χ0) is 14.3. The second-order valence-corrected chi connectivity index (χ2v) is 6.76. The average Bonchev–Trinajstić information content (AvgIpc) is 2.55. The van der Waals surface area contributed by atoms with Gasteiger partial charge in [0.1, 0.15) is 11.5 Å². The number of ether oxygens (including phenoxy) is 1. The second-order valence-electron chi connectivity index (χ2n) is 6.76. The molecule has 1 aliphatic rings. The summed E-state index contributed by atoms with van der Waals surface area (Å²) in [6, 6.07) is 2.07. The van der Waals surface area contributed by atoms with Crippen molar-refractivity contribution in [1.29, 1.82) is 0 Å². The van der Waals surface area contributed by atoms with Crippen LogP contribution in [0.2, 0.25) is 0 Å². The van der Waals surface area contributed by atoms with Gasteiger partial charge in [-0.1, -0.05) is 0 Å². The van der Waals surface area contributed by atoms with Crippen LogP contribution in [0.25, 0.3) is 0 Å². The fourth-order valence-corrected chi connectivity index (χ4v) is 3.14. The van der Waals surface area contributed by atoms with Gasteiger partial charge >= 0.3 is 0 Å². The van der Waals surface area contributed by atoms with Gasteiger partial charge in [0.05, 0.1) is 17.7 Å². The number of rotatable bonds is 3. The number of aryl methyl sites for hydroxylation is 1. The zero-order valence-corrected chi connectivity index (χ0v) is 12.7. The number of furan rings is 1. The van der Waals surface area contributed by atoms with Crippen LogP contribution in [-0.2, 0) is 17.8 Å². The van der Waals surface area contributed by atoms with Crippen molar-refractivity contribution >= 4 is 0 Å². The van der Waals surface area contributed by atoms with E-state index in [1.807, 2.05) is 6.92 Å². The Morgan fingerprint density at radius 3 is 2.26 bits per heavy atom. The Morgan fingerprint density at radius 2 is 1.79 bits per heavy atom. The van der Waals surface area contributed by atoms with Gasteiger partial charge in [-0.3, -0.25) is 4.90 Å². The van der Waals surface area contributed by atoms with E-state index < -0.39 is 0 Å². The van der Waals surface area contributed by atoms with Crippen LogP contribution in [0.4, 0.5) is 0 Å². The summed E-state index contributed by atoms with van der Waals surface area (Å²) in [5.74, 6) is 1.84. The number of hydrogen-bond donors (Lipinski definition) is 1. The maximum atomic E-state index is 6.10. The molecular formula is C15H26N2O2. The van der Waals surface area contributed by atoms with E-state index in [0.29, 0.717) is 6.54 Å². The van der Waals surface area contributed by atoms with Gasteiger partial charge in [-0.05, 0) is 40.7 Å². The Hall–Kier alpha value is -0.840. The fraction of sp³-hybridized carbons (Fsp3) is 0.733. The summed E-state index contributed by atoms with van der Waals surface area (Å²) < 4.78 is 11.7. The minimum absolute atomic E-state index is 0.115. The van der Waals surface area contributed by atoms with E-state index in [0.717, 1.165) is 31.2 Å². The molecule has 19 heavy (non-hydrogen) atoms. The molecule has 2 rings (SSSR count). The predicted octanol–water partition coefficient (Wildman–Crippen LogP) is 2.44. The second kappa shape index (κ2) is 4.93. The van der Waals surface area contributed by atoms with E-state index in [1.165, 1.54) is 5.56 Å². The van der Waals surface area contributed by atoms with Gasteiger partial charge in [-0.15, -0.1) is 0 Å². The molecule has 1 saturated heterocycles. The Labute approximate surface area is 115 Å². The van der Waals surface area contributed by atoms with Gasteiger partial charge in [-0.2, -0.15) is 0 Å². The van der Waals surface area contributed by atoms with Crippen LogP contribution in [0, 0.1) is 6.92 Å². The Balaban J connectivity index is 2.11. The van der Waals surface area contributed by atoms with E-state index in [9.17, 15) is 0 Å². The molecule has 1 fully saturated rings. The largest absolute Gasteiger partial charge is 0.465 e. The number of nitrogens with two attached hydrogens (primary N) is 1. The Bertz CT molecular complexity index is 433. The van der Waals surface area contributed by atoms with Crippen molar-refractivity contribution < 1.29 is 9.15 Å². The summed E-state index contributed by atoms with van der Waals surface area (Å²) in [7, 11) is 0. The molecule has 4 heteroatoms. The SMILES string of the molecule is Cc1oc(CN)cc1CN1CC(C)(C)OC(C)(C)C1. The molecule has 1 aliphatic heterocycles. The molecule has 0 atom stereocenters. The molecule has 0 saturated carbocycles. The van der Waals surface area contributed by atoms with E-state index in [4.69, 9.17) is 14.9 Å². The van der Waals surface area contributed by atoms with E-state index in [2.05, 4.69) is 38.7 Å². The van der Waals surface area contributed by atoms with Crippen LogP contribution in [0.5, 0.6) is 0 Å². The molecule has 0 aliphatic carbocycles. The van der Waals surface area contributed by atoms with Gasteiger partial charge in [0.15, 0.2) is 0 Å². The third kappa shape index (κ3) is 3.59. The highest BCUT2D eigenvalue weighted by Crippen LogP contribution is 2.29. The summed E-state index contributed by atoms with van der Waals surface area (Å²) >= 11 is 0. The summed E-state index contributed by atoms with van der Waals surface area (Å²) in [6.45, 7) is 13.8. The molecule has 0 bridgehead atoms. The number of hydrogen-bond acceptors (Lipinski definition) is 4. The summed E-state index contributed by atoms with van der Waals surface area (Å²) in [4.78, 5) is 2.43. The van der Waals surface area contributed by atoms with Gasteiger partial charge in [0.25, 0.3) is 0 Å². The highest BCUT2D eigenvalue weighted by Gasteiger charge is 2.38. The summed E-state index contributed by atoms with van der Waals surface area (Å²) in [5, 5.41) is 0. The van der Waals surface area contributed by atoms with Crippen molar-refractivity contribution in [2.24, 2.45) is 5.73 Å². The molecule has 2 heterocycles. The fourth-order valence-electron chi connectivity index (χ4n) is 3.14. The standard InChI is InChI=1S/C15H26N2O2/c1-11-12(6-13(7-16)18-11)8-17-9-14(2,3)19-15(4,5)10-17/h6H,7-10,16H2,1-5H3. The maximum absolute atomic E-state index is 6.10. The first-order valence-corrected chi connectivity index (χ1v) is 6.91. The van der Waals surface area contributed by atoms with Crippen molar-refractivity contribution in [2.45, 2.75) is 58.9 Å². The molecule has 4 nitrogen and oxygen atoms in total. The van der Waals surface area contributed by atoms with E-state index in [-0.39, 0.29) is 11.2 Å². The van der Waals surface area contributed by atoms with Gasteiger partial charge < -0.3 is 14.9 Å². The van der Waals surface area contributed by atoms with Crippen LogP contribution in [0.3, 0.4) is 0 Å². The van der Waals surface area contributed by atoms with Crippen LogP contribution >= 0.6 is 0 Å². The molecule has 0 unspecified atom stereocenters. The molecule has 0 spiro atoms. The van der Waals surface area contributed by atoms with Crippen LogP contribution < -0.4 is 5.73 Å². The third-order valence-electron chi connectivity index (χ3n) is 3.43. The monoisotopic (exact) mass is 266 g/mol. The quantitative estimate of drug-likeness (QED) is 0.913. The molecule has 2 N–H and O–H groups in total. The van der Waals surface area contributed by atoms with Crippen molar-refractivity contribution in [3.63, 3.8) is 0 Å². The lowest BCUT2D eigenvalue weighted by Crippen LogP contribution is -2.56. The van der Waals surface area contributed by atoms with Crippen molar-refractivity contribution in [2.75, 3.05) is 13.1 Å². The van der Waals surface area contributed by atoms with Gasteiger partial charge in [0, 0.05) is 25.2 Å². The van der Waals surface area contributed by atoms with E-state index >= 15 is 0 Å². The smallest absolute Gasteiger partial charge is 0.118 e. The lowest BCUT2D eigenvalue weighted by atomic mass is 9.98. The van der Waals surface area contributed by atoms with E-state index in [1.54, 1.807) is 0 Å². The molecule has 108 valence electrons. The number of nitrogens with zero attached hydrogens (tertiary/aromatic N) is 1. The first-order valence-electron chi connectivity index (χ1n) is 6.91. The normalized spacial score (nSPS) is 22.6. The van der Waals surface area contributed by atoms with Crippen molar-refractivity contribution in [3.05, 3.63) is 23.2 Å². The Morgan fingerprint density at radius 1 is 1.21 bits per heavy atom. The lowest BCUT2D eigenvalue weighted by molar-refractivity contribution is -0.182. The molecule has 1 aromatic rings. The lowest BCUT2D eigenvalue weighted by Gasteiger charge is -2.47. The highest BCUT2D eigenvalue weighted by atomic mass is 16.5. The maximum Gasteiger partial charge on any atom is 0.118 e. The van der Waals surface area contributed by atoms with Crippen LogP contribution in [0.15, 0.2) is 10.5 Å². The van der Waals surface area contributed by atoms with Crippen molar-refractivity contribution in [3.8, 4) is 0 Å². The molecule has 1 aromatic heterocycles. The molecule has 0 aromatic carbocycles. The molecule has 0 amide bonds. The summed E-state index contributed by atoms with van der Waals surface area (Å²) in [6.07, 6.45) is 0. The highest BCUT2D eigenvalue weighted by molar-refractivity contribution is 5.21. The first kappa shape index (κ1) is 14.6. The minimum atomic E-state index is -0.115. The van der Waals surface area contributed by atoms with Gasteiger partial charge in [0.2, 0.25) is 0 Å². The van der Waals surface area contributed by atoms with Crippen LogP contribution in [0.1, 0.15) is 44.8 Å². The first-order chi connectivity index (χ1) is 8.71. The Kier molecular flexibility index (Phi) is 3.78. The third-order valence-corrected chi connectivity index (χ3v) is 3.43. The van der Waals surface area contributed by atoms with Gasteiger partial charge in [-0.25, -0.2) is 0 Å². The summed E-state index contributed by atoms with van der Waals surface area (Å²) in [5.41, 5.74) is 6.62. The van der Waals surface area contributed by atoms with Crippen LogP contribution in [-0.4, -0.2) is 29.2 Å². The average molecular weight is 266 g/mol. The molecule has 0 radical (unpaired) electrons. The van der Waals surface area contributed by atoms with Crippen molar-refractivity contribution in [1.82, 2.24) is 4.90 Å². The molecular weight excluding hydrogens is 240 g/mol. The number of morpholine rings is 1.